The zero-order valence-electron chi connectivity index (χ0n) is 16.1. The lowest BCUT2D eigenvalue weighted by Crippen LogP contribution is -2.35. The summed E-state index contributed by atoms with van der Waals surface area (Å²) in [5.74, 6) is -1.10. The van der Waals surface area contributed by atoms with Crippen molar-refractivity contribution in [2.24, 2.45) is 5.92 Å². The summed E-state index contributed by atoms with van der Waals surface area (Å²) < 4.78 is 6.94. The Morgan fingerprint density at radius 2 is 2.04 bits per heavy atom. The third kappa shape index (κ3) is 5.39. The lowest BCUT2D eigenvalue weighted by Gasteiger charge is -2.22. The van der Waals surface area contributed by atoms with Crippen LogP contribution in [0.1, 0.15) is 41.9 Å². The molecule has 0 spiro atoms. The quantitative estimate of drug-likeness (QED) is 0.666. The maximum absolute atomic E-state index is 12.5. The summed E-state index contributed by atoms with van der Waals surface area (Å²) >= 11 is 0. The second-order valence-electron chi connectivity index (χ2n) is 6.91. The van der Waals surface area contributed by atoms with Crippen LogP contribution in [0.15, 0.2) is 36.5 Å². The summed E-state index contributed by atoms with van der Waals surface area (Å²) in [4.78, 5) is 24.8. The number of hydrogen-bond acceptors (Lipinski definition) is 6. The molecule has 28 heavy (non-hydrogen) atoms. The maximum atomic E-state index is 12.5. The number of carbonyl (C=O) groups is 2. The highest BCUT2D eigenvalue weighted by Crippen LogP contribution is 2.17. The van der Waals surface area contributed by atoms with Crippen LogP contribution in [0.3, 0.4) is 0 Å². The molecule has 1 amide bonds. The number of benzene rings is 1. The maximum Gasteiger partial charge on any atom is 0.311 e. The summed E-state index contributed by atoms with van der Waals surface area (Å²) in [5.41, 5.74) is 1.28. The Bertz CT molecular complexity index is 771. The van der Waals surface area contributed by atoms with E-state index in [1.54, 1.807) is 17.8 Å². The standard InChI is InChI=1S/C20H27N5O3/c1-2-28-20(27)16(12-15-6-4-3-5-7-15)13-22-19(26)18-14-25(24-23-18)17-8-10-21-11-9-17/h3-7,14,16-17,21H,2,8-13H2,1H3,(H,22,26). The Balaban J connectivity index is 1.59. The van der Waals surface area contributed by atoms with E-state index in [0.717, 1.165) is 31.5 Å². The van der Waals surface area contributed by atoms with Crippen molar-refractivity contribution in [3.05, 3.63) is 47.8 Å². The number of aromatic nitrogens is 3. The van der Waals surface area contributed by atoms with Gasteiger partial charge in [0.1, 0.15) is 0 Å². The van der Waals surface area contributed by atoms with Crippen molar-refractivity contribution in [3.63, 3.8) is 0 Å². The summed E-state index contributed by atoms with van der Waals surface area (Å²) in [6.07, 6.45) is 4.11. The van der Waals surface area contributed by atoms with E-state index in [1.807, 2.05) is 30.3 Å². The summed E-state index contributed by atoms with van der Waals surface area (Å²) in [5, 5.41) is 14.2. The average molecular weight is 385 g/mol. The van der Waals surface area contributed by atoms with Gasteiger partial charge in [0.25, 0.3) is 5.91 Å². The third-order valence-corrected chi connectivity index (χ3v) is 4.88. The predicted octanol–water partition coefficient (Wildman–Crippen LogP) is 1.35. The number of nitrogens with zero attached hydrogens (tertiary/aromatic N) is 3. The molecule has 2 heterocycles. The van der Waals surface area contributed by atoms with Gasteiger partial charge >= 0.3 is 5.97 Å². The van der Waals surface area contributed by atoms with Crippen LogP contribution in [-0.4, -0.2) is 53.1 Å². The van der Waals surface area contributed by atoms with Crippen LogP contribution in [0.25, 0.3) is 0 Å². The van der Waals surface area contributed by atoms with E-state index in [4.69, 9.17) is 4.74 Å². The molecule has 1 saturated heterocycles. The largest absolute Gasteiger partial charge is 0.466 e. The molecule has 1 aliphatic rings. The molecule has 8 nitrogen and oxygen atoms in total. The van der Waals surface area contributed by atoms with Gasteiger partial charge in [-0.3, -0.25) is 9.59 Å². The molecule has 0 aliphatic carbocycles. The first kappa shape index (κ1) is 20.0. The van der Waals surface area contributed by atoms with E-state index >= 15 is 0 Å². The monoisotopic (exact) mass is 385 g/mol. The summed E-state index contributed by atoms with van der Waals surface area (Å²) in [6.45, 7) is 4.14. The predicted molar refractivity (Wildman–Crippen MR) is 104 cm³/mol. The number of hydrogen-bond donors (Lipinski definition) is 2. The van der Waals surface area contributed by atoms with E-state index in [0.29, 0.717) is 13.0 Å². The van der Waals surface area contributed by atoms with Crippen LogP contribution in [0.2, 0.25) is 0 Å². The lowest BCUT2D eigenvalue weighted by molar-refractivity contribution is -0.147. The summed E-state index contributed by atoms with van der Waals surface area (Å²) in [7, 11) is 0. The first-order valence-electron chi connectivity index (χ1n) is 9.78. The van der Waals surface area contributed by atoms with E-state index < -0.39 is 5.92 Å². The molecule has 8 heteroatoms. The van der Waals surface area contributed by atoms with E-state index in [1.165, 1.54) is 0 Å². The SMILES string of the molecule is CCOC(=O)C(CNC(=O)c1cn(C2CCNCC2)nn1)Cc1ccccc1. The average Bonchev–Trinajstić information content (AvgIpc) is 3.23. The lowest BCUT2D eigenvalue weighted by atomic mass is 9.99. The van der Waals surface area contributed by atoms with E-state index in [2.05, 4.69) is 20.9 Å². The fourth-order valence-corrected chi connectivity index (χ4v) is 3.33. The number of esters is 1. The van der Waals surface area contributed by atoms with E-state index in [-0.39, 0.29) is 30.2 Å². The number of rotatable bonds is 8. The molecule has 1 atom stereocenters. The Morgan fingerprint density at radius 3 is 2.75 bits per heavy atom. The highest BCUT2D eigenvalue weighted by molar-refractivity contribution is 5.92. The Labute approximate surface area is 164 Å². The van der Waals surface area contributed by atoms with Gasteiger partial charge in [-0.05, 0) is 44.8 Å². The van der Waals surface area contributed by atoms with Crippen LogP contribution in [-0.2, 0) is 16.0 Å². The number of ether oxygens (including phenoxy) is 1. The van der Waals surface area contributed by atoms with Crippen molar-refractivity contribution in [3.8, 4) is 0 Å². The molecule has 0 saturated carbocycles. The fraction of sp³-hybridized carbons (Fsp3) is 0.500. The number of nitrogens with one attached hydrogen (secondary N) is 2. The Hall–Kier alpha value is -2.74. The van der Waals surface area contributed by atoms with Gasteiger partial charge in [0.2, 0.25) is 0 Å². The van der Waals surface area contributed by atoms with Gasteiger partial charge in [-0.1, -0.05) is 35.5 Å². The van der Waals surface area contributed by atoms with E-state index in [9.17, 15) is 9.59 Å². The topological polar surface area (TPSA) is 98.1 Å². The van der Waals surface area contributed by atoms with Crippen LogP contribution >= 0.6 is 0 Å². The molecule has 0 radical (unpaired) electrons. The normalized spacial score (nSPS) is 15.8. The molecule has 1 unspecified atom stereocenters. The van der Waals surface area contributed by atoms with Crippen LogP contribution in [0, 0.1) is 5.92 Å². The van der Waals surface area contributed by atoms with Crippen molar-refractivity contribution in [1.29, 1.82) is 0 Å². The van der Waals surface area contributed by atoms with Gasteiger partial charge in [-0.15, -0.1) is 5.10 Å². The summed E-state index contributed by atoms with van der Waals surface area (Å²) in [6, 6.07) is 9.96. The van der Waals surface area contributed by atoms with Crippen LogP contribution in [0.5, 0.6) is 0 Å². The molecular formula is C20H27N5O3. The third-order valence-electron chi connectivity index (χ3n) is 4.88. The molecule has 150 valence electrons. The minimum Gasteiger partial charge on any atom is -0.466 e. The second kappa shape index (κ2) is 9.98. The highest BCUT2D eigenvalue weighted by atomic mass is 16.5. The van der Waals surface area contributed by atoms with Gasteiger partial charge < -0.3 is 15.4 Å². The van der Waals surface area contributed by atoms with Gasteiger partial charge in [0.15, 0.2) is 5.69 Å². The molecule has 2 N–H and O–H groups in total. The smallest absolute Gasteiger partial charge is 0.311 e. The molecule has 1 aromatic heterocycles. The van der Waals surface area contributed by atoms with Gasteiger partial charge in [0.05, 0.1) is 24.8 Å². The molecule has 3 rings (SSSR count). The van der Waals surface area contributed by atoms with Crippen molar-refractivity contribution < 1.29 is 14.3 Å². The van der Waals surface area contributed by atoms with Gasteiger partial charge in [-0.25, -0.2) is 4.68 Å². The molecule has 0 bridgehead atoms. The molecular weight excluding hydrogens is 358 g/mol. The van der Waals surface area contributed by atoms with Crippen LogP contribution in [0.4, 0.5) is 0 Å². The Morgan fingerprint density at radius 1 is 1.29 bits per heavy atom. The van der Waals surface area contributed by atoms with Crippen molar-refractivity contribution in [2.75, 3.05) is 26.2 Å². The molecule has 1 aliphatic heterocycles. The first-order chi connectivity index (χ1) is 13.7. The fourth-order valence-electron chi connectivity index (χ4n) is 3.33. The minimum atomic E-state index is -0.453. The Kier molecular flexibility index (Phi) is 7.13. The molecule has 2 aromatic rings. The number of amides is 1. The van der Waals surface area contributed by atoms with Crippen molar-refractivity contribution in [2.45, 2.75) is 32.2 Å². The van der Waals surface area contributed by atoms with Crippen molar-refractivity contribution in [1.82, 2.24) is 25.6 Å². The van der Waals surface area contributed by atoms with Crippen LogP contribution < -0.4 is 10.6 Å². The minimum absolute atomic E-state index is 0.187. The molecule has 1 fully saturated rings. The zero-order valence-corrected chi connectivity index (χ0v) is 16.1. The van der Waals surface area contributed by atoms with Gasteiger partial charge in [0, 0.05) is 6.54 Å². The zero-order chi connectivity index (χ0) is 19.8. The number of piperidine rings is 1. The van der Waals surface area contributed by atoms with Crippen molar-refractivity contribution >= 4 is 11.9 Å². The molecule has 1 aromatic carbocycles. The highest BCUT2D eigenvalue weighted by Gasteiger charge is 2.23. The first-order valence-corrected chi connectivity index (χ1v) is 9.78. The second-order valence-corrected chi connectivity index (χ2v) is 6.91. The van der Waals surface area contributed by atoms with Gasteiger partial charge in [-0.2, -0.15) is 0 Å². The number of carbonyl (C=O) groups excluding carboxylic acids is 2.